The first-order chi connectivity index (χ1) is 13.0. The third kappa shape index (κ3) is 4.96. The van der Waals surface area contributed by atoms with E-state index in [0.717, 1.165) is 22.4 Å². The lowest BCUT2D eigenvalue weighted by molar-refractivity contribution is 0.576. The van der Waals surface area contributed by atoms with Crippen molar-refractivity contribution < 1.29 is 8.42 Å². The highest BCUT2D eigenvalue weighted by Crippen LogP contribution is 2.23. The van der Waals surface area contributed by atoms with E-state index >= 15 is 0 Å². The number of rotatable bonds is 7. The van der Waals surface area contributed by atoms with Crippen LogP contribution in [-0.2, 0) is 10.0 Å². The molecule has 0 saturated heterocycles. The molecule has 0 radical (unpaired) electrons. The Morgan fingerprint density at radius 2 is 1.48 bits per heavy atom. The second-order valence-corrected chi connectivity index (χ2v) is 8.36. The summed E-state index contributed by atoms with van der Waals surface area (Å²) in [5.74, 6) is 0. The zero-order valence-electron chi connectivity index (χ0n) is 15.5. The molecule has 0 aliphatic rings. The summed E-state index contributed by atoms with van der Waals surface area (Å²) in [7, 11) is -3.56. The van der Waals surface area contributed by atoms with Crippen molar-refractivity contribution >= 4 is 15.7 Å². The number of aryl methyl sites for hydroxylation is 2. The highest BCUT2D eigenvalue weighted by molar-refractivity contribution is 7.89. The molecule has 0 unspecified atom stereocenters. The third-order valence-electron chi connectivity index (χ3n) is 4.46. The lowest BCUT2D eigenvalue weighted by atomic mass is 10.0. The summed E-state index contributed by atoms with van der Waals surface area (Å²) in [5, 5.41) is 3.50. The van der Waals surface area contributed by atoms with Crippen molar-refractivity contribution in [3.8, 4) is 0 Å². The zero-order chi connectivity index (χ0) is 19.3. The van der Waals surface area contributed by atoms with Crippen molar-refractivity contribution in [3.05, 3.63) is 95.6 Å². The van der Waals surface area contributed by atoms with E-state index in [0.29, 0.717) is 0 Å². The maximum absolute atomic E-state index is 12.6. The Morgan fingerprint density at radius 1 is 0.852 bits per heavy atom. The number of anilines is 1. The number of hydrogen-bond acceptors (Lipinski definition) is 3. The predicted molar refractivity (Wildman–Crippen MR) is 110 cm³/mol. The molecule has 140 valence electrons. The van der Waals surface area contributed by atoms with E-state index in [2.05, 4.69) is 28.2 Å². The minimum atomic E-state index is -3.56. The fourth-order valence-corrected chi connectivity index (χ4v) is 3.96. The Morgan fingerprint density at radius 3 is 2.15 bits per heavy atom. The average molecular weight is 381 g/mol. The first-order valence-corrected chi connectivity index (χ1v) is 10.4. The van der Waals surface area contributed by atoms with Crippen LogP contribution in [0.15, 0.2) is 83.8 Å². The summed E-state index contributed by atoms with van der Waals surface area (Å²) in [4.78, 5) is 0.267. The van der Waals surface area contributed by atoms with E-state index in [1.807, 2.05) is 44.2 Å². The lowest BCUT2D eigenvalue weighted by Crippen LogP contribution is -2.31. The molecule has 0 aliphatic heterocycles. The zero-order valence-corrected chi connectivity index (χ0v) is 16.3. The number of nitrogens with one attached hydrogen (secondary N) is 2. The van der Waals surface area contributed by atoms with Crippen LogP contribution in [-0.4, -0.2) is 15.0 Å². The van der Waals surface area contributed by atoms with E-state index in [-0.39, 0.29) is 17.5 Å². The van der Waals surface area contributed by atoms with Gasteiger partial charge >= 0.3 is 0 Å². The van der Waals surface area contributed by atoms with Crippen LogP contribution in [0.5, 0.6) is 0 Å². The van der Waals surface area contributed by atoms with Crippen LogP contribution in [0.1, 0.15) is 22.7 Å². The number of sulfonamides is 1. The smallest absolute Gasteiger partial charge is 0.240 e. The molecule has 1 atom stereocenters. The molecule has 0 amide bonds. The largest absolute Gasteiger partial charge is 0.377 e. The van der Waals surface area contributed by atoms with Crippen molar-refractivity contribution in [2.75, 3.05) is 11.9 Å². The maximum Gasteiger partial charge on any atom is 0.240 e. The van der Waals surface area contributed by atoms with Crippen molar-refractivity contribution in [1.29, 1.82) is 0 Å². The number of hydrogen-bond donors (Lipinski definition) is 2. The van der Waals surface area contributed by atoms with E-state index in [1.54, 1.807) is 30.3 Å². The van der Waals surface area contributed by atoms with E-state index in [4.69, 9.17) is 0 Å². The summed E-state index contributed by atoms with van der Waals surface area (Å²) in [6.45, 7) is 4.33. The monoisotopic (exact) mass is 380 g/mol. The topological polar surface area (TPSA) is 58.2 Å². The molecule has 0 saturated carbocycles. The normalized spacial score (nSPS) is 12.5. The fourth-order valence-electron chi connectivity index (χ4n) is 2.89. The van der Waals surface area contributed by atoms with Gasteiger partial charge in [0, 0.05) is 12.2 Å². The molecule has 0 heterocycles. The molecule has 0 fully saturated rings. The summed E-state index contributed by atoms with van der Waals surface area (Å²) in [6, 6.07) is 24.3. The predicted octanol–water partition coefficient (Wildman–Crippen LogP) is 4.44. The Bertz CT molecular complexity index is 987. The fraction of sp³-hybridized carbons (Fsp3) is 0.182. The minimum absolute atomic E-state index is 0.190. The van der Waals surface area contributed by atoms with Crippen LogP contribution >= 0.6 is 0 Å². The Balaban J connectivity index is 1.84. The molecule has 3 aromatic rings. The molecule has 27 heavy (non-hydrogen) atoms. The van der Waals surface area contributed by atoms with Gasteiger partial charge in [0.2, 0.25) is 10.0 Å². The third-order valence-corrected chi connectivity index (χ3v) is 5.90. The van der Waals surface area contributed by atoms with E-state index in [1.165, 1.54) is 0 Å². The van der Waals surface area contributed by atoms with Crippen LogP contribution in [0, 0.1) is 13.8 Å². The standard InChI is InChI=1S/C22H24N2O2S/c1-17-13-14-18(2)21(15-17)24-22(19-9-5-3-6-10-19)16-23-27(25,26)20-11-7-4-8-12-20/h3-15,22-24H,16H2,1-2H3/t22-/m0/s1. The Hall–Kier alpha value is -2.63. The Labute approximate surface area is 161 Å². The number of benzene rings is 3. The van der Waals surface area contributed by atoms with Gasteiger partial charge in [0.25, 0.3) is 0 Å². The maximum atomic E-state index is 12.6. The molecule has 4 nitrogen and oxygen atoms in total. The van der Waals surface area contributed by atoms with Crippen molar-refractivity contribution in [3.63, 3.8) is 0 Å². The van der Waals surface area contributed by atoms with Gasteiger partial charge in [-0.05, 0) is 48.7 Å². The Kier molecular flexibility index (Phi) is 5.94. The van der Waals surface area contributed by atoms with Crippen LogP contribution in [0.4, 0.5) is 5.69 Å². The summed E-state index contributed by atoms with van der Waals surface area (Å²) < 4.78 is 27.9. The van der Waals surface area contributed by atoms with Crippen molar-refractivity contribution in [1.82, 2.24) is 4.72 Å². The molecular weight excluding hydrogens is 356 g/mol. The highest BCUT2D eigenvalue weighted by atomic mass is 32.2. The van der Waals surface area contributed by atoms with Gasteiger partial charge in [0.15, 0.2) is 0 Å². The summed E-state index contributed by atoms with van der Waals surface area (Å²) >= 11 is 0. The van der Waals surface area contributed by atoms with Crippen LogP contribution in [0.3, 0.4) is 0 Å². The van der Waals surface area contributed by atoms with E-state index in [9.17, 15) is 8.42 Å². The quantitative estimate of drug-likeness (QED) is 0.637. The van der Waals surface area contributed by atoms with Gasteiger partial charge in [-0.3, -0.25) is 0 Å². The van der Waals surface area contributed by atoms with Gasteiger partial charge in [-0.15, -0.1) is 0 Å². The summed E-state index contributed by atoms with van der Waals surface area (Å²) in [6.07, 6.45) is 0. The molecule has 3 rings (SSSR count). The molecule has 0 aromatic heterocycles. The molecule has 2 N–H and O–H groups in total. The first kappa shape index (κ1) is 19.1. The second kappa shape index (κ2) is 8.37. The van der Waals surface area contributed by atoms with Crippen LogP contribution < -0.4 is 10.0 Å². The molecule has 3 aromatic carbocycles. The minimum Gasteiger partial charge on any atom is -0.377 e. The van der Waals surface area contributed by atoms with E-state index < -0.39 is 10.0 Å². The van der Waals surface area contributed by atoms with Crippen molar-refractivity contribution in [2.45, 2.75) is 24.8 Å². The van der Waals surface area contributed by atoms with Gasteiger partial charge in [-0.2, -0.15) is 0 Å². The summed E-state index contributed by atoms with van der Waals surface area (Å²) in [5.41, 5.74) is 4.30. The second-order valence-electron chi connectivity index (χ2n) is 6.59. The first-order valence-electron chi connectivity index (χ1n) is 8.89. The van der Waals surface area contributed by atoms with Crippen LogP contribution in [0.25, 0.3) is 0 Å². The molecule has 5 heteroatoms. The highest BCUT2D eigenvalue weighted by Gasteiger charge is 2.18. The van der Waals surface area contributed by atoms with Gasteiger partial charge in [0.1, 0.15) is 0 Å². The molecule has 0 bridgehead atoms. The SMILES string of the molecule is Cc1ccc(C)c(N[C@@H](CNS(=O)(=O)c2ccccc2)c2ccccc2)c1. The van der Waals surface area contributed by atoms with Crippen LogP contribution in [0.2, 0.25) is 0 Å². The van der Waals surface area contributed by atoms with Gasteiger partial charge < -0.3 is 5.32 Å². The van der Waals surface area contributed by atoms with Gasteiger partial charge in [0.05, 0.1) is 10.9 Å². The molecule has 0 spiro atoms. The molecular formula is C22H24N2O2S. The van der Waals surface area contributed by atoms with Gasteiger partial charge in [-0.25, -0.2) is 13.1 Å². The molecule has 0 aliphatic carbocycles. The van der Waals surface area contributed by atoms with Gasteiger partial charge in [-0.1, -0.05) is 60.7 Å². The average Bonchev–Trinajstić information content (AvgIpc) is 2.69. The van der Waals surface area contributed by atoms with Crippen molar-refractivity contribution in [2.24, 2.45) is 0 Å². The lowest BCUT2D eigenvalue weighted by Gasteiger charge is -2.22.